The van der Waals surface area contributed by atoms with E-state index in [0.717, 1.165) is 5.56 Å². The molecule has 0 atom stereocenters. The van der Waals surface area contributed by atoms with Crippen molar-refractivity contribution in [3.05, 3.63) is 63.7 Å². The summed E-state index contributed by atoms with van der Waals surface area (Å²) >= 11 is 0. The first-order valence-electron chi connectivity index (χ1n) is 7.40. The minimum Gasteiger partial charge on any atom is -0.493 e. The lowest BCUT2D eigenvalue weighted by molar-refractivity contribution is -0.384. The number of ether oxygens (including phenoxy) is 2. The quantitative estimate of drug-likeness (QED) is 0.492. The van der Waals surface area contributed by atoms with Crippen LogP contribution in [0.15, 0.2) is 42.5 Å². The van der Waals surface area contributed by atoms with Gasteiger partial charge in [0.15, 0.2) is 11.5 Å². The molecule has 0 aliphatic rings. The molecule has 0 unspecified atom stereocenters. The summed E-state index contributed by atoms with van der Waals surface area (Å²) in [5.74, 6) is 0.827. The molecule has 2 rings (SSSR count). The lowest BCUT2D eigenvalue weighted by atomic mass is 10.1. The van der Waals surface area contributed by atoms with E-state index in [-0.39, 0.29) is 11.6 Å². The van der Waals surface area contributed by atoms with Crippen LogP contribution >= 0.6 is 0 Å². The van der Waals surface area contributed by atoms with E-state index >= 15 is 0 Å². The van der Waals surface area contributed by atoms with Gasteiger partial charge >= 0.3 is 0 Å². The predicted molar refractivity (Wildman–Crippen MR) is 95.0 cm³/mol. The molecule has 0 fully saturated rings. The van der Waals surface area contributed by atoms with Crippen LogP contribution in [0.3, 0.4) is 0 Å². The van der Waals surface area contributed by atoms with E-state index in [1.54, 1.807) is 38.3 Å². The number of amides is 1. The number of carbonyl (C=O) groups excluding carboxylic acids is 1. The molecule has 130 valence electrons. The molecule has 0 bridgehead atoms. The molecule has 0 heterocycles. The van der Waals surface area contributed by atoms with Crippen LogP contribution in [0.5, 0.6) is 11.5 Å². The summed E-state index contributed by atoms with van der Waals surface area (Å²) in [5, 5.41) is 13.4. The molecular weight excluding hydrogens is 324 g/mol. The summed E-state index contributed by atoms with van der Waals surface area (Å²) in [5.41, 5.74) is 1.89. The Morgan fingerprint density at radius 3 is 2.44 bits per heavy atom. The summed E-state index contributed by atoms with van der Waals surface area (Å²) in [6, 6.07) is 9.56. The number of anilines is 1. The highest BCUT2D eigenvalue weighted by atomic mass is 16.6. The molecule has 0 spiro atoms. The van der Waals surface area contributed by atoms with Gasteiger partial charge in [-0.15, -0.1) is 0 Å². The Balaban J connectivity index is 2.10. The summed E-state index contributed by atoms with van der Waals surface area (Å²) < 4.78 is 10.4. The van der Waals surface area contributed by atoms with Gasteiger partial charge in [0, 0.05) is 23.9 Å². The van der Waals surface area contributed by atoms with Crippen LogP contribution in [-0.2, 0) is 4.79 Å². The van der Waals surface area contributed by atoms with Gasteiger partial charge in [0.1, 0.15) is 0 Å². The fraction of sp³-hybridized carbons (Fsp3) is 0.167. The maximum absolute atomic E-state index is 12.0. The molecule has 1 amide bonds. The summed E-state index contributed by atoms with van der Waals surface area (Å²) in [6.07, 6.45) is 3.01. The number of nitrogens with one attached hydrogen (secondary N) is 1. The first kappa shape index (κ1) is 18.0. The molecule has 2 aromatic rings. The zero-order valence-corrected chi connectivity index (χ0v) is 14.1. The number of non-ortho nitro benzene ring substituents is 1. The van der Waals surface area contributed by atoms with Crippen molar-refractivity contribution in [1.29, 1.82) is 0 Å². The predicted octanol–water partition coefficient (Wildman–Crippen LogP) is 3.57. The van der Waals surface area contributed by atoms with E-state index in [4.69, 9.17) is 9.47 Å². The van der Waals surface area contributed by atoms with Gasteiger partial charge in [-0.25, -0.2) is 0 Å². The Morgan fingerprint density at radius 2 is 1.84 bits per heavy atom. The number of hydrogen-bond donors (Lipinski definition) is 1. The highest BCUT2D eigenvalue weighted by Crippen LogP contribution is 2.28. The Labute approximate surface area is 145 Å². The van der Waals surface area contributed by atoms with Gasteiger partial charge < -0.3 is 14.8 Å². The lowest BCUT2D eigenvalue weighted by Gasteiger charge is -2.08. The van der Waals surface area contributed by atoms with Crippen LogP contribution in [0.25, 0.3) is 6.08 Å². The number of nitro groups is 1. The molecule has 0 aromatic heterocycles. The minimum atomic E-state index is -0.477. The maximum atomic E-state index is 12.0. The fourth-order valence-electron chi connectivity index (χ4n) is 2.20. The summed E-state index contributed by atoms with van der Waals surface area (Å²) in [7, 11) is 3.09. The Hall–Kier alpha value is -3.35. The number of methoxy groups -OCH3 is 2. The summed E-state index contributed by atoms with van der Waals surface area (Å²) in [6.45, 7) is 1.70. The first-order valence-corrected chi connectivity index (χ1v) is 7.40. The first-order chi connectivity index (χ1) is 11.9. The third-order valence-electron chi connectivity index (χ3n) is 3.51. The maximum Gasteiger partial charge on any atom is 0.269 e. The van der Waals surface area contributed by atoms with E-state index in [2.05, 4.69) is 5.32 Å². The molecular formula is C18H18N2O5. The number of carbonyl (C=O) groups is 1. The number of nitrogens with zero attached hydrogens (tertiary/aromatic N) is 1. The van der Waals surface area contributed by atoms with Crippen molar-refractivity contribution in [2.45, 2.75) is 6.92 Å². The smallest absolute Gasteiger partial charge is 0.269 e. The van der Waals surface area contributed by atoms with Gasteiger partial charge in [0.05, 0.1) is 19.1 Å². The SMILES string of the molecule is COc1ccc(C=CC(=O)Nc2ccc([N+](=O)[O-])cc2C)cc1OC. The molecule has 0 saturated heterocycles. The normalized spacial score (nSPS) is 10.5. The average Bonchev–Trinajstić information content (AvgIpc) is 2.61. The number of aryl methyl sites for hydroxylation is 1. The molecule has 7 heteroatoms. The molecule has 0 radical (unpaired) electrons. The number of rotatable bonds is 6. The Kier molecular flexibility index (Phi) is 5.73. The van der Waals surface area contributed by atoms with Crippen molar-refractivity contribution in [3.8, 4) is 11.5 Å². The third-order valence-corrected chi connectivity index (χ3v) is 3.51. The van der Waals surface area contributed by atoms with E-state index in [0.29, 0.717) is 22.7 Å². The Bertz CT molecular complexity index is 830. The summed E-state index contributed by atoms with van der Waals surface area (Å²) in [4.78, 5) is 22.3. The highest BCUT2D eigenvalue weighted by molar-refractivity contribution is 6.02. The van der Waals surface area contributed by atoms with Gasteiger partial charge in [-0.1, -0.05) is 6.07 Å². The van der Waals surface area contributed by atoms with Crippen molar-refractivity contribution < 1.29 is 19.2 Å². The molecule has 0 aliphatic carbocycles. The number of benzene rings is 2. The van der Waals surface area contributed by atoms with E-state index in [1.165, 1.54) is 31.4 Å². The zero-order chi connectivity index (χ0) is 18.4. The second-order valence-corrected chi connectivity index (χ2v) is 5.19. The average molecular weight is 342 g/mol. The van der Waals surface area contributed by atoms with E-state index < -0.39 is 4.92 Å². The number of hydrogen-bond acceptors (Lipinski definition) is 5. The van der Waals surface area contributed by atoms with Crippen molar-refractivity contribution in [2.24, 2.45) is 0 Å². The van der Waals surface area contributed by atoms with Gasteiger partial charge in [-0.05, 0) is 42.3 Å². The highest BCUT2D eigenvalue weighted by Gasteiger charge is 2.09. The molecule has 7 nitrogen and oxygen atoms in total. The van der Waals surface area contributed by atoms with Crippen LogP contribution in [0.2, 0.25) is 0 Å². The number of nitro benzene ring substituents is 1. The van der Waals surface area contributed by atoms with Crippen molar-refractivity contribution in [3.63, 3.8) is 0 Å². The molecule has 0 saturated carbocycles. The second-order valence-electron chi connectivity index (χ2n) is 5.19. The van der Waals surface area contributed by atoms with Crippen LogP contribution in [0.4, 0.5) is 11.4 Å². The fourth-order valence-corrected chi connectivity index (χ4v) is 2.20. The van der Waals surface area contributed by atoms with Crippen molar-refractivity contribution in [2.75, 3.05) is 19.5 Å². The largest absolute Gasteiger partial charge is 0.493 e. The Morgan fingerprint density at radius 1 is 1.12 bits per heavy atom. The molecule has 0 aliphatic heterocycles. The molecule has 2 aromatic carbocycles. The second kappa shape index (κ2) is 7.96. The van der Waals surface area contributed by atoms with Crippen LogP contribution < -0.4 is 14.8 Å². The van der Waals surface area contributed by atoms with E-state index in [1.807, 2.05) is 0 Å². The van der Waals surface area contributed by atoms with Gasteiger partial charge in [0.25, 0.3) is 5.69 Å². The monoisotopic (exact) mass is 342 g/mol. The van der Waals surface area contributed by atoms with Crippen LogP contribution in [-0.4, -0.2) is 25.1 Å². The van der Waals surface area contributed by atoms with Crippen LogP contribution in [0, 0.1) is 17.0 Å². The minimum absolute atomic E-state index is 0.0173. The van der Waals surface area contributed by atoms with Crippen molar-refractivity contribution in [1.82, 2.24) is 0 Å². The zero-order valence-electron chi connectivity index (χ0n) is 14.1. The van der Waals surface area contributed by atoms with Crippen LogP contribution in [0.1, 0.15) is 11.1 Å². The van der Waals surface area contributed by atoms with E-state index in [9.17, 15) is 14.9 Å². The third kappa shape index (κ3) is 4.57. The molecule has 25 heavy (non-hydrogen) atoms. The van der Waals surface area contributed by atoms with Gasteiger partial charge in [-0.2, -0.15) is 0 Å². The standard InChI is InChI=1S/C18H18N2O5/c1-12-10-14(20(22)23)6-7-15(12)19-18(21)9-5-13-4-8-16(24-2)17(11-13)25-3/h4-11H,1-3H3,(H,19,21). The lowest BCUT2D eigenvalue weighted by Crippen LogP contribution is -2.09. The molecule has 1 N–H and O–H groups in total. The topological polar surface area (TPSA) is 90.7 Å². The van der Waals surface area contributed by atoms with Crippen molar-refractivity contribution >= 4 is 23.4 Å². The van der Waals surface area contributed by atoms with Gasteiger partial charge in [0.2, 0.25) is 5.91 Å². The van der Waals surface area contributed by atoms with Gasteiger partial charge in [-0.3, -0.25) is 14.9 Å².